The zero-order chi connectivity index (χ0) is 9.52. The Kier molecular flexibility index (Phi) is 4.83. The summed E-state index contributed by atoms with van der Waals surface area (Å²) in [6.45, 7) is 0.952. The third-order valence-corrected chi connectivity index (χ3v) is 2.53. The van der Waals surface area contributed by atoms with Crippen molar-refractivity contribution in [2.45, 2.75) is 32.1 Å². The van der Waals surface area contributed by atoms with Gasteiger partial charge in [0.2, 0.25) is 0 Å². The van der Waals surface area contributed by atoms with Crippen LogP contribution in [0.15, 0.2) is 0 Å². The van der Waals surface area contributed by atoms with Crippen molar-refractivity contribution < 1.29 is 9.53 Å². The van der Waals surface area contributed by atoms with Gasteiger partial charge in [0.25, 0.3) is 0 Å². The minimum absolute atomic E-state index is 0.131. The van der Waals surface area contributed by atoms with Crippen molar-refractivity contribution in [3.63, 3.8) is 0 Å². The maximum absolute atomic E-state index is 11.0. The molecule has 0 saturated heterocycles. The minimum Gasteiger partial charge on any atom is -0.464 e. The smallest absolute Gasteiger partial charge is 0.319 e. The molecular formula is C10H19NO2. The highest BCUT2D eigenvalue weighted by molar-refractivity contribution is 5.71. The highest BCUT2D eigenvalue weighted by Crippen LogP contribution is 2.23. The van der Waals surface area contributed by atoms with Crippen LogP contribution in [0.3, 0.4) is 0 Å². The van der Waals surface area contributed by atoms with Crippen LogP contribution in [0, 0.1) is 5.92 Å². The first-order chi connectivity index (χ1) is 6.33. The number of esters is 1. The molecule has 1 fully saturated rings. The monoisotopic (exact) mass is 185 g/mol. The normalized spacial score (nSPS) is 18.5. The van der Waals surface area contributed by atoms with Crippen LogP contribution >= 0.6 is 0 Å². The molecule has 0 aromatic carbocycles. The van der Waals surface area contributed by atoms with E-state index in [2.05, 4.69) is 5.32 Å². The molecule has 0 amide bonds. The molecule has 0 aliphatic heterocycles. The lowest BCUT2D eigenvalue weighted by Crippen LogP contribution is -2.24. The van der Waals surface area contributed by atoms with E-state index < -0.39 is 0 Å². The molecule has 1 saturated carbocycles. The van der Waals surface area contributed by atoms with Crippen LogP contribution in [0.2, 0.25) is 0 Å². The Hall–Kier alpha value is -0.570. The summed E-state index contributed by atoms with van der Waals surface area (Å²) in [7, 11) is 1.75. The van der Waals surface area contributed by atoms with Crippen LogP contribution in [0.5, 0.6) is 0 Å². The molecule has 0 unspecified atom stereocenters. The van der Waals surface area contributed by atoms with Gasteiger partial charge in [0.05, 0.1) is 13.2 Å². The molecule has 0 spiro atoms. The van der Waals surface area contributed by atoms with Crippen LogP contribution < -0.4 is 5.32 Å². The zero-order valence-corrected chi connectivity index (χ0v) is 8.34. The highest BCUT2D eigenvalue weighted by atomic mass is 16.5. The van der Waals surface area contributed by atoms with Gasteiger partial charge in [-0.15, -0.1) is 0 Å². The SMILES string of the molecule is CNCC(=O)OCC1CCCCC1. The summed E-state index contributed by atoms with van der Waals surface area (Å²) in [5.41, 5.74) is 0. The van der Waals surface area contributed by atoms with Crippen molar-refractivity contribution in [2.75, 3.05) is 20.2 Å². The lowest BCUT2D eigenvalue weighted by molar-refractivity contribution is -0.144. The molecule has 0 heterocycles. The molecule has 1 aliphatic carbocycles. The number of carbonyl (C=O) groups is 1. The van der Waals surface area contributed by atoms with Gasteiger partial charge in [-0.2, -0.15) is 0 Å². The molecule has 0 aromatic rings. The van der Waals surface area contributed by atoms with Gasteiger partial charge in [0.1, 0.15) is 0 Å². The number of carbonyl (C=O) groups excluding carboxylic acids is 1. The third-order valence-electron chi connectivity index (χ3n) is 2.53. The van der Waals surface area contributed by atoms with E-state index in [0.29, 0.717) is 19.1 Å². The summed E-state index contributed by atoms with van der Waals surface area (Å²) in [5, 5.41) is 2.78. The molecule has 1 N–H and O–H groups in total. The Balaban J connectivity index is 2.06. The molecule has 0 bridgehead atoms. The topological polar surface area (TPSA) is 38.3 Å². The van der Waals surface area contributed by atoms with Gasteiger partial charge in [0.15, 0.2) is 0 Å². The molecule has 76 valence electrons. The predicted octanol–water partition coefficient (Wildman–Crippen LogP) is 1.33. The van der Waals surface area contributed by atoms with Crippen molar-refractivity contribution in [1.29, 1.82) is 0 Å². The van der Waals surface area contributed by atoms with Crippen LogP contribution in [0.25, 0.3) is 0 Å². The van der Waals surface area contributed by atoms with Gasteiger partial charge in [-0.25, -0.2) is 0 Å². The van der Waals surface area contributed by atoms with Gasteiger partial charge in [-0.05, 0) is 25.8 Å². The maximum atomic E-state index is 11.0. The Morgan fingerprint density at radius 3 is 2.69 bits per heavy atom. The van der Waals surface area contributed by atoms with Gasteiger partial charge in [0, 0.05) is 0 Å². The predicted molar refractivity (Wildman–Crippen MR) is 51.5 cm³/mol. The van der Waals surface area contributed by atoms with E-state index in [-0.39, 0.29) is 5.97 Å². The Morgan fingerprint density at radius 1 is 1.38 bits per heavy atom. The van der Waals surface area contributed by atoms with Crippen LogP contribution in [0.4, 0.5) is 0 Å². The molecule has 3 heteroatoms. The van der Waals surface area contributed by atoms with E-state index >= 15 is 0 Å². The number of hydrogen-bond donors (Lipinski definition) is 1. The van der Waals surface area contributed by atoms with E-state index in [4.69, 9.17) is 4.74 Å². The lowest BCUT2D eigenvalue weighted by atomic mass is 9.90. The average Bonchev–Trinajstić information content (AvgIpc) is 2.17. The number of likely N-dealkylation sites (N-methyl/N-ethyl adjacent to an activating group) is 1. The summed E-state index contributed by atoms with van der Waals surface area (Å²) in [5.74, 6) is 0.489. The van der Waals surface area contributed by atoms with E-state index in [0.717, 1.165) is 0 Å². The molecule has 3 nitrogen and oxygen atoms in total. The number of rotatable bonds is 4. The molecule has 1 aliphatic rings. The summed E-state index contributed by atoms with van der Waals surface area (Å²) in [4.78, 5) is 11.0. The first-order valence-electron chi connectivity index (χ1n) is 5.13. The molecule has 0 aromatic heterocycles. The van der Waals surface area contributed by atoms with Gasteiger partial charge in [-0.3, -0.25) is 4.79 Å². The van der Waals surface area contributed by atoms with Crippen molar-refractivity contribution in [2.24, 2.45) is 5.92 Å². The average molecular weight is 185 g/mol. The second kappa shape index (κ2) is 5.97. The standard InChI is InChI=1S/C10H19NO2/c1-11-7-10(12)13-8-9-5-3-2-4-6-9/h9,11H,2-8H2,1H3. The molecule has 13 heavy (non-hydrogen) atoms. The highest BCUT2D eigenvalue weighted by Gasteiger charge is 2.14. The lowest BCUT2D eigenvalue weighted by Gasteiger charge is -2.20. The van der Waals surface area contributed by atoms with E-state index in [9.17, 15) is 4.79 Å². The van der Waals surface area contributed by atoms with Crippen molar-refractivity contribution >= 4 is 5.97 Å². The second-order valence-corrected chi connectivity index (χ2v) is 3.72. The van der Waals surface area contributed by atoms with Crippen LogP contribution in [-0.2, 0) is 9.53 Å². The van der Waals surface area contributed by atoms with E-state index in [1.165, 1.54) is 32.1 Å². The molecule has 1 rings (SSSR count). The second-order valence-electron chi connectivity index (χ2n) is 3.72. The summed E-state index contributed by atoms with van der Waals surface area (Å²) in [6, 6.07) is 0. The minimum atomic E-state index is -0.131. The summed E-state index contributed by atoms with van der Waals surface area (Å²) >= 11 is 0. The maximum Gasteiger partial charge on any atom is 0.319 e. The zero-order valence-electron chi connectivity index (χ0n) is 8.34. The number of ether oxygens (including phenoxy) is 1. The van der Waals surface area contributed by atoms with Gasteiger partial charge >= 0.3 is 5.97 Å². The quantitative estimate of drug-likeness (QED) is 0.671. The Labute approximate surface area is 79.8 Å². The molecule has 0 atom stereocenters. The van der Waals surface area contributed by atoms with Crippen molar-refractivity contribution in [3.05, 3.63) is 0 Å². The fraction of sp³-hybridized carbons (Fsp3) is 0.900. The van der Waals surface area contributed by atoms with Crippen molar-refractivity contribution in [3.8, 4) is 0 Å². The first kappa shape index (κ1) is 10.5. The largest absolute Gasteiger partial charge is 0.464 e. The Bertz CT molecular complexity index is 153. The number of hydrogen-bond acceptors (Lipinski definition) is 3. The molecular weight excluding hydrogens is 166 g/mol. The third kappa shape index (κ3) is 4.27. The molecule has 0 radical (unpaired) electrons. The first-order valence-corrected chi connectivity index (χ1v) is 5.13. The fourth-order valence-corrected chi connectivity index (χ4v) is 1.76. The van der Waals surface area contributed by atoms with E-state index in [1.807, 2.05) is 0 Å². The van der Waals surface area contributed by atoms with E-state index in [1.54, 1.807) is 7.05 Å². The summed E-state index contributed by atoms with van der Waals surface area (Å²) < 4.78 is 5.12. The van der Waals surface area contributed by atoms with Crippen LogP contribution in [0.1, 0.15) is 32.1 Å². The number of nitrogens with one attached hydrogen (secondary N) is 1. The summed E-state index contributed by atoms with van der Waals surface area (Å²) in [6.07, 6.45) is 6.41. The van der Waals surface area contributed by atoms with Crippen molar-refractivity contribution in [1.82, 2.24) is 5.32 Å². The van der Waals surface area contributed by atoms with Gasteiger partial charge < -0.3 is 10.1 Å². The van der Waals surface area contributed by atoms with Crippen LogP contribution in [-0.4, -0.2) is 26.2 Å². The fourth-order valence-electron chi connectivity index (χ4n) is 1.76. The van der Waals surface area contributed by atoms with Gasteiger partial charge in [-0.1, -0.05) is 19.3 Å². The Morgan fingerprint density at radius 2 is 2.08 bits per heavy atom.